The first kappa shape index (κ1) is 22.1. The van der Waals surface area contributed by atoms with Crippen LogP contribution < -0.4 is 10.9 Å². The van der Waals surface area contributed by atoms with E-state index in [1.165, 1.54) is 35.0 Å². The van der Waals surface area contributed by atoms with E-state index in [0.29, 0.717) is 23.1 Å². The van der Waals surface area contributed by atoms with Gasteiger partial charge in [-0.2, -0.15) is 0 Å². The molecule has 1 aromatic carbocycles. The largest absolute Gasteiger partial charge is 0.353 e. The van der Waals surface area contributed by atoms with Gasteiger partial charge in [0, 0.05) is 10.9 Å². The van der Waals surface area contributed by atoms with Crippen LogP contribution in [0.2, 0.25) is 0 Å². The molecule has 2 aromatic heterocycles. The molecule has 3 aromatic rings. The standard InChI is InChI=1S/C24H29N3O2S2/c1-4-19-16(3)21-22(31-19)26-24(30-14-20(28)25-18-7-5-6-8-18)27(23(21)29)13-17-11-9-15(2)10-12-17/h9-12,18H,4-8,13-14H2,1-3H3,(H,25,28). The molecule has 0 unspecified atom stereocenters. The fraction of sp³-hybridized carbons (Fsp3) is 0.458. The summed E-state index contributed by atoms with van der Waals surface area (Å²) in [4.78, 5) is 32.8. The highest BCUT2D eigenvalue weighted by Crippen LogP contribution is 2.30. The van der Waals surface area contributed by atoms with Crippen molar-refractivity contribution in [2.24, 2.45) is 0 Å². The van der Waals surface area contributed by atoms with Crippen LogP contribution >= 0.6 is 23.1 Å². The van der Waals surface area contributed by atoms with Crippen LogP contribution in [0, 0.1) is 13.8 Å². The van der Waals surface area contributed by atoms with Crippen LogP contribution in [-0.2, 0) is 17.8 Å². The molecule has 1 aliphatic rings. The zero-order valence-corrected chi connectivity index (χ0v) is 20.0. The first-order valence-electron chi connectivity index (χ1n) is 11.0. The third kappa shape index (κ3) is 4.88. The Hall–Kier alpha value is -2.12. The van der Waals surface area contributed by atoms with E-state index in [1.54, 1.807) is 15.9 Å². The number of nitrogens with zero attached hydrogens (tertiary/aromatic N) is 2. The monoisotopic (exact) mass is 455 g/mol. The zero-order chi connectivity index (χ0) is 22.0. The Morgan fingerprint density at radius 1 is 1.23 bits per heavy atom. The summed E-state index contributed by atoms with van der Waals surface area (Å²) >= 11 is 2.95. The van der Waals surface area contributed by atoms with Gasteiger partial charge in [-0.1, -0.05) is 61.4 Å². The molecule has 7 heteroatoms. The number of fused-ring (bicyclic) bond motifs is 1. The Morgan fingerprint density at radius 3 is 2.61 bits per heavy atom. The fourth-order valence-electron chi connectivity index (χ4n) is 4.18. The molecule has 0 radical (unpaired) electrons. The van der Waals surface area contributed by atoms with E-state index in [4.69, 9.17) is 4.98 Å². The van der Waals surface area contributed by atoms with Gasteiger partial charge in [-0.25, -0.2) is 4.98 Å². The third-order valence-electron chi connectivity index (χ3n) is 5.95. The number of aryl methyl sites for hydroxylation is 3. The minimum Gasteiger partial charge on any atom is -0.353 e. The van der Waals surface area contributed by atoms with E-state index < -0.39 is 0 Å². The number of carbonyl (C=O) groups is 1. The topological polar surface area (TPSA) is 64.0 Å². The maximum absolute atomic E-state index is 13.5. The minimum atomic E-state index is -0.0160. The molecule has 2 heterocycles. The van der Waals surface area contributed by atoms with Crippen molar-refractivity contribution in [3.63, 3.8) is 0 Å². The van der Waals surface area contributed by atoms with Crippen LogP contribution in [0.3, 0.4) is 0 Å². The molecule has 0 saturated heterocycles. The lowest BCUT2D eigenvalue weighted by atomic mass is 10.1. The van der Waals surface area contributed by atoms with Crippen LogP contribution in [0.25, 0.3) is 10.2 Å². The predicted molar refractivity (Wildman–Crippen MR) is 129 cm³/mol. The summed E-state index contributed by atoms with van der Waals surface area (Å²) in [5, 5.41) is 4.46. The van der Waals surface area contributed by atoms with E-state index in [-0.39, 0.29) is 17.2 Å². The number of aromatic nitrogens is 2. The lowest BCUT2D eigenvalue weighted by molar-refractivity contribution is -0.119. The molecule has 1 N–H and O–H groups in total. The highest BCUT2D eigenvalue weighted by atomic mass is 32.2. The fourth-order valence-corrected chi connectivity index (χ4v) is 6.14. The highest BCUT2D eigenvalue weighted by molar-refractivity contribution is 7.99. The number of hydrogen-bond acceptors (Lipinski definition) is 5. The van der Waals surface area contributed by atoms with Gasteiger partial charge in [-0.05, 0) is 44.2 Å². The van der Waals surface area contributed by atoms with Crippen LogP contribution in [0.5, 0.6) is 0 Å². The van der Waals surface area contributed by atoms with Crippen LogP contribution in [0.1, 0.15) is 54.2 Å². The SMILES string of the molecule is CCc1sc2nc(SCC(=O)NC3CCCC3)n(Cc3ccc(C)cc3)c(=O)c2c1C. The first-order chi connectivity index (χ1) is 15.0. The molecule has 0 spiro atoms. The molecule has 31 heavy (non-hydrogen) atoms. The maximum Gasteiger partial charge on any atom is 0.263 e. The van der Waals surface area contributed by atoms with Gasteiger partial charge in [0.15, 0.2) is 5.16 Å². The Labute approximate surface area is 191 Å². The second-order valence-electron chi connectivity index (χ2n) is 8.29. The summed E-state index contributed by atoms with van der Waals surface area (Å²) < 4.78 is 1.74. The molecule has 0 bridgehead atoms. The van der Waals surface area contributed by atoms with Gasteiger partial charge in [0.05, 0.1) is 17.7 Å². The molecule has 4 rings (SSSR count). The van der Waals surface area contributed by atoms with Crippen molar-refractivity contribution in [3.05, 3.63) is 56.2 Å². The lowest BCUT2D eigenvalue weighted by Gasteiger charge is -2.14. The number of hydrogen-bond donors (Lipinski definition) is 1. The number of nitrogens with one attached hydrogen (secondary N) is 1. The third-order valence-corrected chi connectivity index (χ3v) is 8.26. The van der Waals surface area contributed by atoms with Gasteiger partial charge >= 0.3 is 0 Å². The number of amides is 1. The average molecular weight is 456 g/mol. The lowest BCUT2D eigenvalue weighted by Crippen LogP contribution is -2.34. The summed E-state index contributed by atoms with van der Waals surface area (Å²) in [6.07, 6.45) is 5.38. The summed E-state index contributed by atoms with van der Waals surface area (Å²) in [6.45, 7) is 6.62. The van der Waals surface area contributed by atoms with E-state index in [0.717, 1.165) is 35.2 Å². The van der Waals surface area contributed by atoms with Gasteiger partial charge in [0.2, 0.25) is 5.91 Å². The smallest absolute Gasteiger partial charge is 0.263 e. The van der Waals surface area contributed by atoms with E-state index in [2.05, 4.69) is 31.3 Å². The van der Waals surface area contributed by atoms with Crippen LogP contribution in [-0.4, -0.2) is 27.3 Å². The van der Waals surface area contributed by atoms with Crippen molar-refractivity contribution in [1.29, 1.82) is 0 Å². The number of benzene rings is 1. The first-order valence-corrected chi connectivity index (χ1v) is 12.8. The Morgan fingerprint density at radius 2 is 1.94 bits per heavy atom. The van der Waals surface area contributed by atoms with Crippen molar-refractivity contribution in [3.8, 4) is 0 Å². The van der Waals surface area contributed by atoms with Crippen molar-refractivity contribution in [2.75, 3.05) is 5.75 Å². The van der Waals surface area contributed by atoms with Crippen molar-refractivity contribution in [2.45, 2.75) is 70.6 Å². The number of thioether (sulfide) groups is 1. The minimum absolute atomic E-state index is 0.0160. The van der Waals surface area contributed by atoms with E-state index >= 15 is 0 Å². The average Bonchev–Trinajstić information content (AvgIpc) is 3.37. The van der Waals surface area contributed by atoms with Crippen LogP contribution in [0.15, 0.2) is 34.2 Å². The molecule has 0 atom stereocenters. The summed E-state index contributed by atoms with van der Waals surface area (Å²) in [6, 6.07) is 8.50. The molecule has 1 fully saturated rings. The van der Waals surface area contributed by atoms with Crippen molar-refractivity contribution >= 4 is 39.2 Å². The highest BCUT2D eigenvalue weighted by Gasteiger charge is 2.20. The van der Waals surface area contributed by atoms with E-state index in [9.17, 15) is 9.59 Å². The zero-order valence-electron chi connectivity index (χ0n) is 18.4. The number of carbonyl (C=O) groups excluding carboxylic acids is 1. The number of rotatable bonds is 7. The number of thiophene rings is 1. The second-order valence-corrected chi connectivity index (χ2v) is 10.3. The molecule has 5 nitrogen and oxygen atoms in total. The Bertz CT molecular complexity index is 1140. The molecular weight excluding hydrogens is 426 g/mol. The molecule has 164 valence electrons. The summed E-state index contributed by atoms with van der Waals surface area (Å²) in [5.74, 6) is 0.289. The van der Waals surface area contributed by atoms with Crippen LogP contribution in [0.4, 0.5) is 0 Å². The van der Waals surface area contributed by atoms with Gasteiger partial charge in [-0.15, -0.1) is 11.3 Å². The summed E-state index contributed by atoms with van der Waals surface area (Å²) in [7, 11) is 0. The Balaban J connectivity index is 1.66. The van der Waals surface area contributed by atoms with Gasteiger partial charge in [0.1, 0.15) is 4.83 Å². The molecule has 1 amide bonds. The quantitative estimate of drug-likeness (QED) is 0.409. The molecule has 0 aliphatic heterocycles. The van der Waals surface area contributed by atoms with Gasteiger partial charge in [-0.3, -0.25) is 14.2 Å². The van der Waals surface area contributed by atoms with Gasteiger partial charge in [0.25, 0.3) is 5.56 Å². The predicted octanol–water partition coefficient (Wildman–Crippen LogP) is 4.84. The van der Waals surface area contributed by atoms with E-state index in [1.807, 2.05) is 19.1 Å². The normalized spacial score (nSPS) is 14.4. The summed E-state index contributed by atoms with van der Waals surface area (Å²) in [5.41, 5.74) is 3.25. The van der Waals surface area contributed by atoms with Crippen molar-refractivity contribution in [1.82, 2.24) is 14.9 Å². The molecular formula is C24H29N3O2S2. The van der Waals surface area contributed by atoms with Crippen molar-refractivity contribution < 1.29 is 4.79 Å². The second kappa shape index (κ2) is 9.57. The maximum atomic E-state index is 13.5. The van der Waals surface area contributed by atoms with Gasteiger partial charge < -0.3 is 5.32 Å². The Kier molecular flexibility index (Phi) is 6.82. The molecule has 1 saturated carbocycles. The molecule has 1 aliphatic carbocycles.